The summed E-state index contributed by atoms with van der Waals surface area (Å²) in [6.07, 6.45) is 3.83. The van der Waals surface area contributed by atoms with E-state index in [0.717, 1.165) is 13.0 Å². The highest BCUT2D eigenvalue weighted by molar-refractivity contribution is 5.79. The minimum atomic E-state index is -0.00812. The van der Waals surface area contributed by atoms with E-state index in [2.05, 4.69) is 12.2 Å². The van der Waals surface area contributed by atoms with Gasteiger partial charge in [-0.05, 0) is 30.7 Å². The van der Waals surface area contributed by atoms with Crippen LogP contribution in [-0.4, -0.2) is 17.6 Å². The van der Waals surface area contributed by atoms with Gasteiger partial charge in [0.1, 0.15) is 5.75 Å². The number of benzene rings is 1. The second-order valence-corrected chi connectivity index (χ2v) is 4.94. The first-order valence-electron chi connectivity index (χ1n) is 6.19. The number of carbonyl (C=O) groups excluding carboxylic acids is 1. The van der Waals surface area contributed by atoms with Crippen molar-refractivity contribution in [3.8, 4) is 5.75 Å². The number of phenolic OH excluding ortho intramolecular Hbond substituents is 1. The number of hydrogen-bond donors (Lipinski definition) is 2. The second-order valence-electron chi connectivity index (χ2n) is 4.94. The van der Waals surface area contributed by atoms with Crippen LogP contribution in [0.2, 0.25) is 0 Å². The molecule has 3 nitrogen and oxygen atoms in total. The Bertz CT molecular complexity index is 410. The number of rotatable bonds is 5. The smallest absolute Gasteiger partial charge is 0.224 e. The van der Waals surface area contributed by atoms with Crippen molar-refractivity contribution < 1.29 is 9.90 Å². The van der Waals surface area contributed by atoms with Gasteiger partial charge in [0, 0.05) is 12.1 Å². The molecule has 0 bridgehead atoms. The molecule has 2 rings (SSSR count). The molecule has 1 aromatic rings. The van der Waals surface area contributed by atoms with Gasteiger partial charge in [-0.2, -0.15) is 0 Å². The second kappa shape index (κ2) is 4.78. The lowest BCUT2D eigenvalue weighted by Gasteiger charge is -2.13. The number of para-hydroxylation sites is 1. The molecular formula is C14H19NO2. The van der Waals surface area contributed by atoms with E-state index in [4.69, 9.17) is 0 Å². The normalized spacial score (nSPS) is 16.5. The van der Waals surface area contributed by atoms with Crippen molar-refractivity contribution in [1.29, 1.82) is 0 Å². The Morgan fingerprint density at radius 1 is 1.41 bits per heavy atom. The van der Waals surface area contributed by atoms with Crippen LogP contribution in [0.5, 0.6) is 5.75 Å². The summed E-state index contributed by atoms with van der Waals surface area (Å²) in [7, 11) is 0. The number of hydrogen-bond acceptors (Lipinski definition) is 2. The zero-order chi connectivity index (χ0) is 12.3. The molecule has 0 aromatic heterocycles. The summed E-state index contributed by atoms with van der Waals surface area (Å²) < 4.78 is 0. The van der Waals surface area contributed by atoms with E-state index >= 15 is 0 Å². The van der Waals surface area contributed by atoms with E-state index in [-0.39, 0.29) is 18.1 Å². The molecule has 0 spiro atoms. The summed E-state index contributed by atoms with van der Waals surface area (Å²) >= 11 is 0. The predicted octanol–water partition coefficient (Wildman–Crippen LogP) is 2.24. The maximum absolute atomic E-state index is 11.7. The monoisotopic (exact) mass is 233 g/mol. The maximum atomic E-state index is 11.7. The average molecular weight is 233 g/mol. The van der Waals surface area contributed by atoms with Crippen molar-refractivity contribution in [2.45, 2.75) is 32.6 Å². The molecule has 0 aliphatic heterocycles. The van der Waals surface area contributed by atoms with E-state index in [0.29, 0.717) is 11.0 Å². The number of nitrogens with one attached hydrogen (secondary N) is 1. The van der Waals surface area contributed by atoms with Gasteiger partial charge in [-0.3, -0.25) is 4.79 Å². The van der Waals surface area contributed by atoms with Crippen LogP contribution in [0.4, 0.5) is 0 Å². The Labute approximate surface area is 102 Å². The van der Waals surface area contributed by atoms with Gasteiger partial charge in [0.2, 0.25) is 5.91 Å². The van der Waals surface area contributed by atoms with Crippen molar-refractivity contribution in [3.05, 3.63) is 29.8 Å². The molecule has 17 heavy (non-hydrogen) atoms. The molecule has 0 radical (unpaired) electrons. The van der Waals surface area contributed by atoms with Gasteiger partial charge in [-0.1, -0.05) is 25.1 Å². The van der Waals surface area contributed by atoms with Gasteiger partial charge in [0.25, 0.3) is 0 Å². The van der Waals surface area contributed by atoms with E-state index in [1.54, 1.807) is 18.2 Å². The number of phenols is 1. The third kappa shape index (κ3) is 2.99. The Hall–Kier alpha value is -1.51. The van der Waals surface area contributed by atoms with Crippen molar-refractivity contribution >= 4 is 5.91 Å². The predicted molar refractivity (Wildman–Crippen MR) is 66.8 cm³/mol. The first kappa shape index (κ1) is 12.0. The number of amides is 1. The molecule has 3 heteroatoms. The van der Waals surface area contributed by atoms with E-state index in [1.807, 2.05) is 6.07 Å². The maximum Gasteiger partial charge on any atom is 0.224 e. The lowest BCUT2D eigenvalue weighted by molar-refractivity contribution is -0.120. The lowest BCUT2D eigenvalue weighted by atomic mass is 10.0. The van der Waals surface area contributed by atoms with Crippen LogP contribution in [0.1, 0.15) is 31.7 Å². The van der Waals surface area contributed by atoms with Gasteiger partial charge in [0.15, 0.2) is 0 Å². The van der Waals surface area contributed by atoms with E-state index in [9.17, 15) is 9.90 Å². The minimum absolute atomic E-state index is 0.00812. The van der Waals surface area contributed by atoms with Crippen molar-refractivity contribution in [3.63, 3.8) is 0 Å². The molecule has 1 amide bonds. The number of aromatic hydroxyl groups is 1. The fraction of sp³-hybridized carbons (Fsp3) is 0.500. The molecule has 1 aliphatic rings. The fourth-order valence-electron chi connectivity index (χ4n) is 2.01. The van der Waals surface area contributed by atoms with Crippen molar-refractivity contribution in [2.24, 2.45) is 5.41 Å². The minimum Gasteiger partial charge on any atom is -0.508 e. The zero-order valence-corrected chi connectivity index (χ0v) is 10.2. The van der Waals surface area contributed by atoms with Crippen LogP contribution in [0.3, 0.4) is 0 Å². The Morgan fingerprint density at radius 2 is 2.12 bits per heavy atom. The highest BCUT2D eigenvalue weighted by Crippen LogP contribution is 2.47. The topological polar surface area (TPSA) is 49.3 Å². The van der Waals surface area contributed by atoms with Crippen molar-refractivity contribution in [1.82, 2.24) is 5.32 Å². The van der Waals surface area contributed by atoms with Crippen LogP contribution in [0.25, 0.3) is 0 Å². The molecule has 1 saturated carbocycles. The Morgan fingerprint density at radius 3 is 2.71 bits per heavy atom. The molecule has 92 valence electrons. The van der Waals surface area contributed by atoms with Gasteiger partial charge < -0.3 is 10.4 Å². The SMILES string of the molecule is CCC1(CNC(=O)Cc2ccccc2O)CC1. The number of carbonyl (C=O) groups is 1. The van der Waals surface area contributed by atoms with E-state index < -0.39 is 0 Å². The third-order valence-electron chi connectivity index (χ3n) is 3.71. The largest absolute Gasteiger partial charge is 0.508 e. The standard InChI is InChI=1S/C14H19NO2/c1-2-14(7-8-14)10-15-13(17)9-11-5-3-4-6-12(11)16/h3-6,16H,2,7-10H2,1H3,(H,15,17). The van der Waals surface area contributed by atoms with Gasteiger partial charge in [-0.15, -0.1) is 0 Å². The van der Waals surface area contributed by atoms with Crippen LogP contribution in [-0.2, 0) is 11.2 Å². The Balaban J connectivity index is 1.83. The molecule has 0 heterocycles. The molecule has 0 atom stereocenters. The highest BCUT2D eigenvalue weighted by atomic mass is 16.3. The van der Waals surface area contributed by atoms with Gasteiger partial charge in [-0.25, -0.2) is 0 Å². The molecule has 2 N–H and O–H groups in total. The molecule has 1 aliphatic carbocycles. The van der Waals surface area contributed by atoms with Crippen LogP contribution in [0, 0.1) is 5.41 Å². The zero-order valence-electron chi connectivity index (χ0n) is 10.2. The Kier molecular flexibility index (Phi) is 3.36. The molecular weight excluding hydrogens is 214 g/mol. The lowest BCUT2D eigenvalue weighted by Crippen LogP contribution is -2.31. The summed E-state index contributed by atoms with van der Waals surface area (Å²) in [5, 5.41) is 12.5. The quantitative estimate of drug-likeness (QED) is 0.819. The fourth-order valence-corrected chi connectivity index (χ4v) is 2.01. The van der Waals surface area contributed by atoms with Crippen molar-refractivity contribution in [2.75, 3.05) is 6.54 Å². The highest BCUT2D eigenvalue weighted by Gasteiger charge is 2.40. The third-order valence-corrected chi connectivity index (χ3v) is 3.71. The van der Waals surface area contributed by atoms with Gasteiger partial charge in [0.05, 0.1) is 6.42 Å². The average Bonchev–Trinajstić information content (AvgIpc) is 3.10. The molecule has 0 saturated heterocycles. The summed E-state index contributed by atoms with van der Waals surface area (Å²) in [4.78, 5) is 11.7. The summed E-state index contributed by atoms with van der Waals surface area (Å²) in [5.41, 5.74) is 1.06. The van der Waals surface area contributed by atoms with E-state index in [1.165, 1.54) is 12.8 Å². The molecule has 1 fully saturated rings. The van der Waals surface area contributed by atoms with Crippen LogP contribution in [0.15, 0.2) is 24.3 Å². The first-order chi connectivity index (χ1) is 8.15. The summed E-state index contributed by atoms with van der Waals surface area (Å²) in [6, 6.07) is 6.97. The summed E-state index contributed by atoms with van der Waals surface area (Å²) in [6.45, 7) is 2.94. The summed E-state index contributed by atoms with van der Waals surface area (Å²) in [5.74, 6) is 0.186. The molecule has 0 unspecified atom stereocenters. The molecule has 1 aromatic carbocycles. The first-order valence-corrected chi connectivity index (χ1v) is 6.19. The van der Waals surface area contributed by atoms with Gasteiger partial charge >= 0.3 is 0 Å². The van der Waals surface area contributed by atoms with Crippen LogP contribution >= 0.6 is 0 Å². The van der Waals surface area contributed by atoms with Crippen LogP contribution < -0.4 is 5.32 Å².